The number of ether oxygens (including phenoxy) is 1. The molecule has 0 aromatic heterocycles. The lowest BCUT2D eigenvalue weighted by Crippen LogP contribution is -2.51. The third-order valence-corrected chi connectivity index (χ3v) is 5.04. The van der Waals surface area contributed by atoms with Crippen LogP contribution in [-0.2, 0) is 16.1 Å². The highest BCUT2D eigenvalue weighted by molar-refractivity contribution is 6.35. The Morgan fingerprint density at radius 1 is 1.18 bits per heavy atom. The molecule has 2 aliphatic rings. The molecule has 2 heterocycles. The Bertz CT molecular complexity index is 519. The maximum Gasteiger partial charge on any atom is 0.251 e. The van der Waals surface area contributed by atoms with Crippen LogP contribution < -0.4 is 0 Å². The highest BCUT2D eigenvalue weighted by atomic mass is 35.5. The molecule has 0 aliphatic carbocycles. The van der Waals surface area contributed by atoms with Gasteiger partial charge in [-0.05, 0) is 25.0 Å². The van der Waals surface area contributed by atoms with Crippen LogP contribution in [0.1, 0.15) is 18.4 Å². The van der Waals surface area contributed by atoms with E-state index in [-0.39, 0.29) is 12.0 Å². The summed E-state index contributed by atoms with van der Waals surface area (Å²) in [4.78, 5) is 16.5. The summed E-state index contributed by atoms with van der Waals surface area (Å²) in [6.45, 7) is 4.57. The quantitative estimate of drug-likeness (QED) is 0.846. The normalized spacial score (nSPS) is 23.0. The van der Waals surface area contributed by atoms with E-state index in [0.29, 0.717) is 16.7 Å². The Labute approximate surface area is 140 Å². The second-order valence-electron chi connectivity index (χ2n) is 5.80. The monoisotopic (exact) mass is 342 g/mol. The fourth-order valence-corrected chi connectivity index (χ4v) is 3.53. The topological polar surface area (TPSA) is 32.8 Å². The number of halogens is 2. The first kappa shape index (κ1) is 16.1. The summed E-state index contributed by atoms with van der Waals surface area (Å²) in [5, 5.41) is 1.40. The van der Waals surface area contributed by atoms with Gasteiger partial charge in [-0.25, -0.2) is 0 Å². The van der Waals surface area contributed by atoms with Crippen molar-refractivity contribution in [1.29, 1.82) is 0 Å². The fourth-order valence-electron chi connectivity index (χ4n) is 3.01. The van der Waals surface area contributed by atoms with E-state index in [9.17, 15) is 4.79 Å². The van der Waals surface area contributed by atoms with Crippen molar-refractivity contribution in [2.24, 2.45) is 0 Å². The summed E-state index contributed by atoms with van der Waals surface area (Å²) < 4.78 is 5.48. The molecule has 3 rings (SSSR count). The number of rotatable bonds is 3. The lowest BCUT2D eigenvalue weighted by Gasteiger charge is -2.36. The van der Waals surface area contributed by atoms with Gasteiger partial charge in [0.05, 0.1) is 0 Å². The predicted octanol–water partition coefficient (Wildman–Crippen LogP) is 2.82. The molecule has 6 heteroatoms. The van der Waals surface area contributed by atoms with E-state index in [1.807, 2.05) is 23.1 Å². The predicted molar refractivity (Wildman–Crippen MR) is 87.3 cm³/mol. The Kier molecular flexibility index (Phi) is 5.24. The van der Waals surface area contributed by atoms with Crippen LogP contribution >= 0.6 is 23.2 Å². The third-order valence-electron chi connectivity index (χ3n) is 4.33. The van der Waals surface area contributed by atoms with Gasteiger partial charge in [-0.1, -0.05) is 29.3 Å². The third kappa shape index (κ3) is 3.57. The minimum atomic E-state index is -0.218. The molecule has 0 saturated carbocycles. The van der Waals surface area contributed by atoms with Crippen LogP contribution in [0, 0.1) is 0 Å². The molecule has 2 saturated heterocycles. The Hall–Kier alpha value is -0.810. The molecule has 1 atom stereocenters. The summed E-state index contributed by atoms with van der Waals surface area (Å²) in [6.07, 6.45) is 1.62. The average Bonchev–Trinajstić information content (AvgIpc) is 3.05. The molecule has 22 heavy (non-hydrogen) atoms. The van der Waals surface area contributed by atoms with Crippen molar-refractivity contribution >= 4 is 29.1 Å². The van der Waals surface area contributed by atoms with Crippen molar-refractivity contribution in [3.63, 3.8) is 0 Å². The summed E-state index contributed by atoms with van der Waals surface area (Å²) >= 11 is 12.4. The van der Waals surface area contributed by atoms with Crippen LogP contribution in [0.15, 0.2) is 18.2 Å². The highest BCUT2D eigenvalue weighted by Crippen LogP contribution is 2.26. The van der Waals surface area contributed by atoms with Gasteiger partial charge in [0, 0.05) is 54.9 Å². The maximum atomic E-state index is 12.3. The summed E-state index contributed by atoms with van der Waals surface area (Å²) in [7, 11) is 0. The fraction of sp³-hybridized carbons (Fsp3) is 0.562. The Morgan fingerprint density at radius 3 is 2.45 bits per heavy atom. The van der Waals surface area contributed by atoms with E-state index in [1.54, 1.807) is 0 Å². The number of benzene rings is 1. The molecule has 120 valence electrons. The Morgan fingerprint density at radius 2 is 1.86 bits per heavy atom. The molecule has 0 unspecified atom stereocenters. The maximum absolute atomic E-state index is 12.3. The van der Waals surface area contributed by atoms with Gasteiger partial charge >= 0.3 is 0 Å². The number of hydrogen-bond acceptors (Lipinski definition) is 3. The van der Waals surface area contributed by atoms with Crippen molar-refractivity contribution in [1.82, 2.24) is 9.80 Å². The molecule has 2 fully saturated rings. The zero-order chi connectivity index (χ0) is 15.5. The van der Waals surface area contributed by atoms with Crippen molar-refractivity contribution in [2.45, 2.75) is 25.5 Å². The summed E-state index contributed by atoms with van der Waals surface area (Å²) in [6, 6.07) is 5.58. The van der Waals surface area contributed by atoms with Crippen molar-refractivity contribution in [3.8, 4) is 0 Å². The molecule has 1 amide bonds. The van der Waals surface area contributed by atoms with Crippen molar-refractivity contribution in [3.05, 3.63) is 33.8 Å². The SMILES string of the molecule is O=C([C@H]1CCCO1)N1CCN(Cc2c(Cl)cccc2Cl)CC1. The van der Waals surface area contributed by atoms with Gasteiger partial charge in [0.1, 0.15) is 6.10 Å². The number of piperazine rings is 1. The molecular weight excluding hydrogens is 323 g/mol. The highest BCUT2D eigenvalue weighted by Gasteiger charge is 2.30. The van der Waals surface area contributed by atoms with Crippen LogP contribution in [0.4, 0.5) is 0 Å². The van der Waals surface area contributed by atoms with Gasteiger partial charge in [0.15, 0.2) is 0 Å². The molecule has 1 aromatic rings. The van der Waals surface area contributed by atoms with E-state index >= 15 is 0 Å². The smallest absolute Gasteiger partial charge is 0.251 e. The first-order chi connectivity index (χ1) is 10.6. The zero-order valence-electron chi connectivity index (χ0n) is 12.4. The van der Waals surface area contributed by atoms with Crippen LogP contribution in [0.2, 0.25) is 10.0 Å². The number of carbonyl (C=O) groups excluding carboxylic acids is 1. The van der Waals surface area contributed by atoms with E-state index in [0.717, 1.165) is 51.1 Å². The molecule has 2 aliphatic heterocycles. The number of carbonyl (C=O) groups is 1. The van der Waals surface area contributed by atoms with Crippen molar-refractivity contribution < 1.29 is 9.53 Å². The second-order valence-corrected chi connectivity index (χ2v) is 6.62. The van der Waals surface area contributed by atoms with Crippen LogP contribution in [-0.4, -0.2) is 54.6 Å². The molecular formula is C16H20Cl2N2O2. The second kappa shape index (κ2) is 7.18. The lowest BCUT2D eigenvalue weighted by atomic mass is 10.1. The van der Waals surface area contributed by atoms with Gasteiger partial charge in [0.2, 0.25) is 0 Å². The van der Waals surface area contributed by atoms with Gasteiger partial charge in [-0.3, -0.25) is 9.69 Å². The van der Waals surface area contributed by atoms with E-state index in [4.69, 9.17) is 27.9 Å². The van der Waals surface area contributed by atoms with Crippen molar-refractivity contribution in [2.75, 3.05) is 32.8 Å². The molecule has 4 nitrogen and oxygen atoms in total. The van der Waals surface area contributed by atoms with Gasteiger partial charge in [-0.15, -0.1) is 0 Å². The Balaban J connectivity index is 1.54. The first-order valence-electron chi connectivity index (χ1n) is 7.71. The van der Waals surface area contributed by atoms with E-state index < -0.39 is 0 Å². The minimum absolute atomic E-state index is 0.146. The molecule has 1 aromatic carbocycles. The number of amides is 1. The van der Waals surface area contributed by atoms with Crippen LogP contribution in [0.5, 0.6) is 0 Å². The average molecular weight is 343 g/mol. The summed E-state index contributed by atoms with van der Waals surface area (Å²) in [5.74, 6) is 0.146. The van der Waals surface area contributed by atoms with E-state index in [1.165, 1.54) is 0 Å². The molecule has 0 spiro atoms. The molecule has 0 radical (unpaired) electrons. The minimum Gasteiger partial charge on any atom is -0.368 e. The standard InChI is InChI=1S/C16H20Cl2N2O2/c17-13-3-1-4-14(18)12(13)11-19-6-8-20(9-7-19)16(21)15-5-2-10-22-15/h1,3-4,15H,2,5-11H2/t15-/m1/s1. The van der Waals surface area contributed by atoms with E-state index in [2.05, 4.69) is 4.90 Å². The first-order valence-corrected chi connectivity index (χ1v) is 8.46. The van der Waals surface area contributed by atoms with Gasteiger partial charge in [0.25, 0.3) is 5.91 Å². The summed E-state index contributed by atoms with van der Waals surface area (Å²) in [5.41, 5.74) is 0.963. The lowest BCUT2D eigenvalue weighted by molar-refractivity contribution is -0.142. The molecule has 0 N–H and O–H groups in total. The largest absolute Gasteiger partial charge is 0.368 e. The van der Waals surface area contributed by atoms with Gasteiger partial charge in [-0.2, -0.15) is 0 Å². The van der Waals surface area contributed by atoms with Crippen LogP contribution in [0.3, 0.4) is 0 Å². The zero-order valence-corrected chi connectivity index (χ0v) is 13.9. The number of hydrogen-bond donors (Lipinski definition) is 0. The number of nitrogens with zero attached hydrogens (tertiary/aromatic N) is 2. The van der Waals surface area contributed by atoms with Crippen LogP contribution in [0.25, 0.3) is 0 Å². The van der Waals surface area contributed by atoms with Gasteiger partial charge < -0.3 is 9.64 Å². The molecule has 0 bridgehead atoms.